The number of amides is 2. The third-order valence-corrected chi connectivity index (χ3v) is 6.40. The van der Waals surface area contributed by atoms with Crippen molar-refractivity contribution < 1.29 is 28.6 Å². The molecule has 0 unspecified atom stereocenters. The molecule has 2 aromatic carbocycles. The Bertz CT molecular complexity index is 1390. The average Bonchev–Trinajstić information content (AvgIpc) is 3.20. The van der Waals surface area contributed by atoms with Crippen molar-refractivity contribution in [2.24, 2.45) is 12.5 Å². The van der Waals surface area contributed by atoms with E-state index in [1.165, 1.54) is 36.9 Å². The van der Waals surface area contributed by atoms with Gasteiger partial charge in [0.15, 0.2) is 5.69 Å². The Morgan fingerprint density at radius 2 is 1.97 bits per heavy atom. The van der Waals surface area contributed by atoms with Crippen LogP contribution in [-0.4, -0.2) is 50.7 Å². The van der Waals surface area contributed by atoms with E-state index in [2.05, 4.69) is 10.4 Å². The topological polar surface area (TPSA) is 114 Å². The molecule has 9 nitrogen and oxygen atoms in total. The standard InChI is InChI=1S/C26H26ClFN4O5/c1-26(2,25(35)36)14-29-21(33)12-32(11-15-6-4-5-7-19(15)28)24(34)22-18-13-37-20-9-8-16(27)10-17(20)23(18)31(3)30-22/h4-10H,11-14H2,1-3H3,(H,29,33)(H,35,36). The van der Waals surface area contributed by atoms with Gasteiger partial charge in [0, 0.05) is 41.9 Å². The van der Waals surface area contributed by atoms with Crippen molar-refractivity contribution in [1.82, 2.24) is 20.0 Å². The maximum absolute atomic E-state index is 14.5. The number of ether oxygens (including phenoxy) is 1. The Morgan fingerprint density at radius 3 is 2.68 bits per heavy atom. The Kier molecular flexibility index (Phi) is 7.22. The molecule has 1 aliphatic rings. The van der Waals surface area contributed by atoms with Gasteiger partial charge in [0.05, 0.1) is 11.1 Å². The number of hydrogen-bond acceptors (Lipinski definition) is 5. The molecule has 0 aliphatic carbocycles. The first kappa shape index (κ1) is 26.2. The van der Waals surface area contributed by atoms with Crippen molar-refractivity contribution in [2.75, 3.05) is 13.1 Å². The van der Waals surface area contributed by atoms with Crippen LogP contribution in [0.5, 0.6) is 5.75 Å². The van der Waals surface area contributed by atoms with E-state index < -0.39 is 35.6 Å². The molecule has 11 heteroatoms. The van der Waals surface area contributed by atoms with Crippen LogP contribution in [0.3, 0.4) is 0 Å². The lowest BCUT2D eigenvalue weighted by Gasteiger charge is -2.25. The molecule has 37 heavy (non-hydrogen) atoms. The minimum absolute atomic E-state index is 0.0677. The number of nitrogens with one attached hydrogen (secondary N) is 1. The molecule has 2 N–H and O–H groups in total. The number of nitrogens with zero attached hydrogens (tertiary/aromatic N) is 3. The van der Waals surface area contributed by atoms with Gasteiger partial charge in [0.25, 0.3) is 5.91 Å². The molecule has 0 fully saturated rings. The third-order valence-electron chi connectivity index (χ3n) is 6.16. The van der Waals surface area contributed by atoms with E-state index in [1.54, 1.807) is 36.0 Å². The zero-order valence-corrected chi connectivity index (χ0v) is 21.3. The number of halogens is 2. The molecule has 1 aromatic heterocycles. The number of carbonyl (C=O) groups is 3. The molecule has 0 bridgehead atoms. The van der Waals surface area contributed by atoms with Crippen LogP contribution in [0.15, 0.2) is 42.5 Å². The summed E-state index contributed by atoms with van der Waals surface area (Å²) in [7, 11) is 1.69. The predicted molar refractivity (Wildman–Crippen MR) is 134 cm³/mol. The second kappa shape index (κ2) is 10.2. The van der Waals surface area contributed by atoms with Crippen molar-refractivity contribution in [2.45, 2.75) is 27.0 Å². The van der Waals surface area contributed by atoms with Crippen LogP contribution in [0.25, 0.3) is 11.3 Å². The van der Waals surface area contributed by atoms with Crippen molar-refractivity contribution in [3.05, 3.63) is 70.1 Å². The lowest BCUT2D eigenvalue weighted by Crippen LogP contribution is -2.45. The molecule has 0 saturated carbocycles. The van der Waals surface area contributed by atoms with Crippen LogP contribution in [0, 0.1) is 11.2 Å². The highest BCUT2D eigenvalue weighted by molar-refractivity contribution is 6.31. The van der Waals surface area contributed by atoms with Crippen LogP contribution < -0.4 is 10.1 Å². The monoisotopic (exact) mass is 528 g/mol. The van der Waals surface area contributed by atoms with Gasteiger partial charge in [-0.15, -0.1) is 0 Å². The zero-order chi connectivity index (χ0) is 26.9. The summed E-state index contributed by atoms with van der Waals surface area (Å²) in [5.74, 6) is -2.18. The Balaban J connectivity index is 1.66. The van der Waals surface area contributed by atoms with E-state index >= 15 is 0 Å². The van der Waals surface area contributed by atoms with E-state index in [0.717, 1.165) is 0 Å². The number of hydrogen-bond donors (Lipinski definition) is 2. The van der Waals surface area contributed by atoms with Gasteiger partial charge in [-0.3, -0.25) is 19.1 Å². The molecular formula is C26H26ClFN4O5. The molecule has 1 aliphatic heterocycles. The van der Waals surface area contributed by atoms with Gasteiger partial charge in [0.1, 0.15) is 24.7 Å². The summed E-state index contributed by atoms with van der Waals surface area (Å²) >= 11 is 6.18. The quantitative estimate of drug-likeness (QED) is 0.461. The van der Waals surface area contributed by atoms with Gasteiger partial charge in [-0.2, -0.15) is 5.10 Å². The van der Waals surface area contributed by atoms with Crippen LogP contribution in [0.4, 0.5) is 4.39 Å². The van der Waals surface area contributed by atoms with E-state index in [-0.39, 0.29) is 31.0 Å². The van der Waals surface area contributed by atoms with Crippen LogP contribution in [-0.2, 0) is 29.8 Å². The number of carbonyl (C=O) groups excluding carboxylic acids is 2. The van der Waals surface area contributed by atoms with Crippen molar-refractivity contribution in [1.29, 1.82) is 0 Å². The summed E-state index contributed by atoms with van der Waals surface area (Å²) in [5.41, 5.74) is 0.934. The Labute approximate surface area is 217 Å². The fourth-order valence-electron chi connectivity index (χ4n) is 3.98. The number of aliphatic carboxylic acids is 1. The Morgan fingerprint density at radius 1 is 1.24 bits per heavy atom. The second-order valence-corrected chi connectivity index (χ2v) is 9.88. The lowest BCUT2D eigenvalue weighted by molar-refractivity contribution is -0.146. The van der Waals surface area contributed by atoms with E-state index in [0.29, 0.717) is 27.6 Å². The Hall–Kier alpha value is -3.92. The molecule has 0 radical (unpaired) electrons. The van der Waals surface area contributed by atoms with Crippen LogP contribution >= 0.6 is 11.6 Å². The molecule has 3 aromatic rings. The van der Waals surface area contributed by atoms with Gasteiger partial charge >= 0.3 is 5.97 Å². The van der Waals surface area contributed by atoms with Crippen molar-refractivity contribution in [3.8, 4) is 17.0 Å². The highest BCUT2D eigenvalue weighted by Crippen LogP contribution is 2.40. The van der Waals surface area contributed by atoms with Crippen LogP contribution in [0.2, 0.25) is 5.02 Å². The fraction of sp³-hybridized carbons (Fsp3) is 0.308. The molecule has 194 valence electrons. The predicted octanol–water partition coefficient (Wildman–Crippen LogP) is 3.64. The largest absolute Gasteiger partial charge is 0.488 e. The van der Waals surface area contributed by atoms with Gasteiger partial charge in [-0.05, 0) is 38.1 Å². The first-order valence-electron chi connectivity index (χ1n) is 11.5. The van der Waals surface area contributed by atoms with Gasteiger partial charge in [-0.25, -0.2) is 4.39 Å². The fourth-order valence-corrected chi connectivity index (χ4v) is 4.15. The van der Waals surface area contributed by atoms with Crippen LogP contribution in [0.1, 0.15) is 35.5 Å². The third kappa shape index (κ3) is 5.43. The second-order valence-electron chi connectivity index (χ2n) is 9.45. The summed E-state index contributed by atoms with van der Waals surface area (Å²) in [6.45, 7) is 2.25. The summed E-state index contributed by atoms with van der Waals surface area (Å²) in [6, 6.07) is 11.1. The number of aromatic nitrogens is 2. The van der Waals surface area contributed by atoms with Gasteiger partial charge < -0.3 is 20.1 Å². The summed E-state index contributed by atoms with van der Waals surface area (Å²) in [5, 5.41) is 16.8. The van der Waals surface area contributed by atoms with Crippen molar-refractivity contribution >= 4 is 29.4 Å². The summed E-state index contributed by atoms with van der Waals surface area (Å²) in [4.78, 5) is 39.1. The van der Waals surface area contributed by atoms with Gasteiger partial charge in [-0.1, -0.05) is 29.8 Å². The summed E-state index contributed by atoms with van der Waals surface area (Å²) < 4.78 is 21.9. The summed E-state index contributed by atoms with van der Waals surface area (Å²) in [6.07, 6.45) is 0. The molecule has 0 saturated heterocycles. The maximum atomic E-state index is 14.5. The SMILES string of the molecule is Cn1nc(C(=O)N(CC(=O)NCC(C)(C)C(=O)O)Cc2ccccc2F)c2c1-c1cc(Cl)ccc1OC2. The van der Waals surface area contributed by atoms with E-state index in [4.69, 9.17) is 16.3 Å². The number of benzene rings is 2. The first-order chi connectivity index (χ1) is 17.5. The number of aryl methyl sites for hydroxylation is 1. The number of carboxylic acids is 1. The molecule has 0 spiro atoms. The van der Waals surface area contributed by atoms with Gasteiger partial charge in [0.2, 0.25) is 5.91 Å². The van der Waals surface area contributed by atoms with E-state index in [1.807, 2.05) is 0 Å². The van der Waals surface area contributed by atoms with E-state index in [9.17, 15) is 23.9 Å². The molecule has 0 atom stereocenters. The molecular weight excluding hydrogens is 503 g/mol. The number of fused-ring (bicyclic) bond motifs is 3. The highest BCUT2D eigenvalue weighted by atomic mass is 35.5. The maximum Gasteiger partial charge on any atom is 0.310 e. The highest BCUT2D eigenvalue weighted by Gasteiger charge is 2.33. The average molecular weight is 529 g/mol. The number of rotatable bonds is 8. The zero-order valence-electron chi connectivity index (χ0n) is 20.5. The molecule has 4 rings (SSSR count). The van der Waals surface area contributed by atoms with Crippen molar-refractivity contribution in [3.63, 3.8) is 0 Å². The number of carboxylic acid groups (broad SMARTS) is 1. The minimum atomic E-state index is -1.21. The minimum Gasteiger partial charge on any atom is -0.488 e. The smallest absolute Gasteiger partial charge is 0.310 e. The lowest BCUT2D eigenvalue weighted by atomic mass is 9.94. The molecule has 2 amide bonds. The molecule has 2 heterocycles. The normalized spacial score (nSPS) is 12.2. The first-order valence-corrected chi connectivity index (χ1v) is 11.9.